The molecule has 1 aromatic heterocycles. The molecule has 0 amide bonds. The average Bonchev–Trinajstić information content (AvgIpc) is 3.01. The van der Waals surface area contributed by atoms with Crippen LogP contribution in [0.25, 0.3) is 0 Å². The first-order valence-corrected chi connectivity index (χ1v) is 9.38. The van der Waals surface area contributed by atoms with Crippen LogP contribution in [0.2, 0.25) is 0 Å². The molecule has 4 rings (SSSR count). The minimum Gasteiger partial charge on any atom is -0.317 e. The van der Waals surface area contributed by atoms with Crippen LogP contribution >= 0.6 is 0 Å². The van der Waals surface area contributed by atoms with E-state index in [1.54, 1.807) is 22.8 Å². The lowest BCUT2D eigenvalue weighted by Gasteiger charge is -2.22. The molecular weight excluding hydrogens is 343 g/mol. The Morgan fingerprint density at radius 2 is 1.70 bits per heavy atom. The quantitative estimate of drug-likeness (QED) is 0.755. The Balaban J connectivity index is 1.72. The predicted molar refractivity (Wildman–Crippen MR) is 102 cm³/mol. The lowest BCUT2D eigenvalue weighted by Crippen LogP contribution is -2.30. The maximum absolute atomic E-state index is 14.1. The van der Waals surface area contributed by atoms with Gasteiger partial charge in [0, 0.05) is 11.5 Å². The Bertz CT molecular complexity index is 958. The molecule has 0 bridgehead atoms. The highest BCUT2D eigenvalue weighted by Crippen LogP contribution is 2.23. The second-order valence-electron chi connectivity index (χ2n) is 6.99. The highest BCUT2D eigenvalue weighted by molar-refractivity contribution is 5.18. The van der Waals surface area contributed by atoms with Crippen molar-refractivity contribution in [2.75, 3.05) is 13.1 Å². The van der Waals surface area contributed by atoms with E-state index in [0.717, 1.165) is 37.3 Å². The van der Waals surface area contributed by atoms with E-state index in [1.807, 2.05) is 30.3 Å². The van der Waals surface area contributed by atoms with Crippen molar-refractivity contribution >= 4 is 0 Å². The number of nitrogens with zero attached hydrogens (tertiary/aromatic N) is 3. The summed E-state index contributed by atoms with van der Waals surface area (Å²) >= 11 is 0. The van der Waals surface area contributed by atoms with E-state index in [2.05, 4.69) is 10.4 Å². The molecule has 0 radical (unpaired) electrons. The minimum absolute atomic E-state index is 0.144. The van der Waals surface area contributed by atoms with Crippen LogP contribution in [0.4, 0.5) is 4.39 Å². The van der Waals surface area contributed by atoms with Crippen molar-refractivity contribution in [3.63, 3.8) is 0 Å². The molecule has 27 heavy (non-hydrogen) atoms. The largest absolute Gasteiger partial charge is 0.346 e. The molecular formula is C21H23FN4O. The number of piperidine rings is 1. The number of halogens is 1. The molecule has 5 nitrogen and oxygen atoms in total. The minimum atomic E-state index is -0.314. The molecule has 0 saturated carbocycles. The molecule has 1 aliphatic rings. The molecule has 6 heteroatoms. The smallest absolute Gasteiger partial charge is 0.317 e. The number of nitrogens with one attached hydrogen (secondary N) is 1. The van der Waals surface area contributed by atoms with Crippen molar-refractivity contribution < 1.29 is 4.39 Å². The van der Waals surface area contributed by atoms with E-state index in [4.69, 9.17) is 0 Å². The van der Waals surface area contributed by atoms with Gasteiger partial charge in [-0.2, -0.15) is 5.10 Å². The fourth-order valence-corrected chi connectivity index (χ4v) is 3.65. The van der Waals surface area contributed by atoms with Gasteiger partial charge >= 0.3 is 5.69 Å². The summed E-state index contributed by atoms with van der Waals surface area (Å²) in [4.78, 5) is 13.1. The molecule has 1 aliphatic heterocycles. The lowest BCUT2D eigenvalue weighted by molar-refractivity contribution is 0.430. The van der Waals surface area contributed by atoms with Crippen molar-refractivity contribution in [2.24, 2.45) is 0 Å². The zero-order chi connectivity index (χ0) is 18.6. The molecule has 0 aliphatic carbocycles. The molecule has 0 atom stereocenters. The molecule has 140 valence electrons. The molecule has 0 spiro atoms. The Morgan fingerprint density at radius 1 is 1.00 bits per heavy atom. The molecule has 2 aromatic carbocycles. The Kier molecular flexibility index (Phi) is 5.16. The summed E-state index contributed by atoms with van der Waals surface area (Å²) < 4.78 is 17.2. The maximum atomic E-state index is 14.1. The highest BCUT2D eigenvalue weighted by Gasteiger charge is 2.24. The van der Waals surface area contributed by atoms with Gasteiger partial charge in [0.25, 0.3) is 0 Å². The number of aromatic nitrogens is 3. The van der Waals surface area contributed by atoms with Crippen LogP contribution in [0.1, 0.15) is 35.7 Å². The predicted octanol–water partition coefficient (Wildman–Crippen LogP) is 2.75. The fraction of sp³-hybridized carbons (Fsp3) is 0.333. The van der Waals surface area contributed by atoms with E-state index >= 15 is 0 Å². The fourth-order valence-electron chi connectivity index (χ4n) is 3.65. The molecule has 1 fully saturated rings. The van der Waals surface area contributed by atoms with Crippen molar-refractivity contribution in [3.8, 4) is 0 Å². The van der Waals surface area contributed by atoms with Crippen molar-refractivity contribution in [3.05, 3.63) is 87.9 Å². The summed E-state index contributed by atoms with van der Waals surface area (Å²) in [6.07, 6.45) is 1.90. The SMILES string of the molecule is O=c1n(Cc2ccccc2F)nc(C2CCNCC2)n1Cc1ccccc1. The van der Waals surface area contributed by atoms with Crippen LogP contribution in [-0.2, 0) is 13.1 Å². The third-order valence-electron chi connectivity index (χ3n) is 5.12. The normalized spacial score (nSPS) is 15.1. The van der Waals surface area contributed by atoms with Gasteiger partial charge < -0.3 is 5.32 Å². The monoisotopic (exact) mass is 366 g/mol. The van der Waals surface area contributed by atoms with Gasteiger partial charge in [-0.25, -0.2) is 13.9 Å². The van der Waals surface area contributed by atoms with Gasteiger partial charge in [0.2, 0.25) is 0 Å². The Morgan fingerprint density at radius 3 is 2.44 bits per heavy atom. The summed E-state index contributed by atoms with van der Waals surface area (Å²) in [5.41, 5.74) is 1.34. The first kappa shape index (κ1) is 17.7. The van der Waals surface area contributed by atoms with E-state index < -0.39 is 0 Å². The number of benzene rings is 2. The van der Waals surface area contributed by atoms with Gasteiger partial charge in [0.15, 0.2) is 0 Å². The van der Waals surface area contributed by atoms with Crippen molar-refractivity contribution in [1.82, 2.24) is 19.7 Å². The van der Waals surface area contributed by atoms with Crippen LogP contribution in [0.15, 0.2) is 59.4 Å². The van der Waals surface area contributed by atoms with Gasteiger partial charge in [-0.1, -0.05) is 48.5 Å². The number of hydrogen-bond acceptors (Lipinski definition) is 3. The first-order valence-electron chi connectivity index (χ1n) is 9.38. The lowest BCUT2D eigenvalue weighted by atomic mass is 9.97. The average molecular weight is 366 g/mol. The van der Waals surface area contributed by atoms with Crippen LogP contribution < -0.4 is 11.0 Å². The van der Waals surface area contributed by atoms with Crippen molar-refractivity contribution in [2.45, 2.75) is 31.8 Å². The molecule has 3 aromatic rings. The van der Waals surface area contributed by atoms with Gasteiger partial charge in [0.1, 0.15) is 11.6 Å². The second kappa shape index (κ2) is 7.88. The third kappa shape index (κ3) is 3.85. The summed E-state index contributed by atoms with van der Waals surface area (Å²) in [5.74, 6) is 0.733. The van der Waals surface area contributed by atoms with Gasteiger partial charge in [-0.15, -0.1) is 0 Å². The molecule has 0 unspecified atom stereocenters. The van der Waals surface area contributed by atoms with E-state index in [0.29, 0.717) is 12.1 Å². The van der Waals surface area contributed by atoms with E-state index in [1.165, 1.54) is 10.7 Å². The number of rotatable bonds is 5. The Labute approximate surface area is 157 Å². The summed E-state index contributed by atoms with van der Waals surface area (Å²) in [6, 6.07) is 16.4. The van der Waals surface area contributed by atoms with Gasteiger partial charge in [0.05, 0.1) is 13.1 Å². The Hall–Kier alpha value is -2.73. The van der Waals surface area contributed by atoms with Crippen LogP contribution in [0.3, 0.4) is 0 Å². The molecule has 1 N–H and O–H groups in total. The summed E-state index contributed by atoms with van der Waals surface area (Å²) in [6.45, 7) is 2.47. The topological polar surface area (TPSA) is 51.9 Å². The van der Waals surface area contributed by atoms with Crippen LogP contribution in [0, 0.1) is 5.82 Å². The zero-order valence-corrected chi connectivity index (χ0v) is 15.1. The molecule has 2 heterocycles. The van der Waals surface area contributed by atoms with Crippen LogP contribution in [0.5, 0.6) is 0 Å². The summed E-state index contributed by atoms with van der Waals surface area (Å²) in [7, 11) is 0. The second-order valence-corrected chi connectivity index (χ2v) is 6.99. The molecule has 1 saturated heterocycles. The summed E-state index contributed by atoms with van der Waals surface area (Å²) in [5, 5.41) is 7.99. The van der Waals surface area contributed by atoms with E-state index in [-0.39, 0.29) is 24.0 Å². The van der Waals surface area contributed by atoms with Gasteiger partial charge in [-0.05, 0) is 37.6 Å². The number of hydrogen-bond donors (Lipinski definition) is 1. The standard InChI is InChI=1S/C21H23FN4O/c22-19-9-5-4-8-18(19)15-26-21(27)25(14-16-6-2-1-3-7-16)20(24-26)17-10-12-23-13-11-17/h1-9,17,23H,10-15H2. The van der Waals surface area contributed by atoms with Gasteiger partial charge in [-0.3, -0.25) is 4.57 Å². The zero-order valence-electron chi connectivity index (χ0n) is 15.1. The van der Waals surface area contributed by atoms with E-state index in [9.17, 15) is 9.18 Å². The van der Waals surface area contributed by atoms with Crippen LogP contribution in [-0.4, -0.2) is 27.4 Å². The highest BCUT2D eigenvalue weighted by atomic mass is 19.1. The first-order chi connectivity index (χ1) is 13.2. The maximum Gasteiger partial charge on any atom is 0.346 e. The van der Waals surface area contributed by atoms with Crippen molar-refractivity contribution in [1.29, 1.82) is 0 Å². The third-order valence-corrected chi connectivity index (χ3v) is 5.12.